The smallest absolute Gasteiger partial charge is 0.347 e. The molecule has 3 nitrogen and oxygen atoms in total. The van der Waals surface area contributed by atoms with Crippen molar-refractivity contribution in [2.75, 3.05) is 0 Å². The average Bonchev–Trinajstić information content (AvgIpc) is 2.81. The summed E-state index contributed by atoms with van der Waals surface area (Å²) in [6, 6.07) is 15.7. The van der Waals surface area contributed by atoms with Gasteiger partial charge < -0.3 is 4.42 Å². The maximum absolute atomic E-state index is 12.1. The Kier molecular flexibility index (Phi) is 1.74. The molecule has 0 aliphatic carbocycles. The van der Waals surface area contributed by atoms with E-state index in [0.717, 1.165) is 32.3 Å². The summed E-state index contributed by atoms with van der Waals surface area (Å²) in [5.74, 6) is 0. The number of benzene rings is 4. The number of hydrogen-bond donors (Lipinski definition) is 0. The number of fused-ring (bicyclic) bond motifs is 3. The van der Waals surface area contributed by atoms with Gasteiger partial charge in [0.2, 0.25) is 0 Å². The molecular weight excluding hydrogens is 264 g/mol. The summed E-state index contributed by atoms with van der Waals surface area (Å²) in [7, 11) is 0. The molecule has 4 aromatic carbocycles. The summed E-state index contributed by atoms with van der Waals surface area (Å²) >= 11 is 0. The molecule has 0 saturated carbocycles. The molecule has 5 rings (SSSR count). The zero-order chi connectivity index (χ0) is 14.1. The van der Waals surface area contributed by atoms with Gasteiger partial charge in [-0.3, -0.25) is 0 Å². The van der Waals surface area contributed by atoms with Crippen molar-refractivity contribution < 1.29 is 4.42 Å². The fourth-order valence-corrected chi connectivity index (χ4v) is 3.45. The monoisotopic (exact) mass is 272 g/mol. The van der Waals surface area contributed by atoms with E-state index in [1.165, 1.54) is 0 Å². The molecule has 0 amide bonds. The third-order valence-electron chi connectivity index (χ3n) is 4.27. The molecule has 0 spiro atoms. The van der Waals surface area contributed by atoms with E-state index in [1.54, 1.807) is 0 Å². The van der Waals surface area contributed by atoms with Gasteiger partial charge in [0, 0.05) is 0 Å². The Morgan fingerprint density at radius 3 is 1.52 bits per heavy atom. The van der Waals surface area contributed by atoms with Gasteiger partial charge in [-0.1, -0.05) is 48.5 Å². The van der Waals surface area contributed by atoms with Crippen molar-refractivity contribution in [3.63, 3.8) is 0 Å². The molecule has 0 unspecified atom stereocenters. The molecule has 0 radical (unpaired) electrons. The lowest BCUT2D eigenvalue weighted by Crippen LogP contribution is -1.94. The molecule has 5 aromatic rings. The molecule has 1 heterocycles. The maximum atomic E-state index is 12.1. The molecule has 0 bridgehead atoms. The minimum absolute atomic E-state index is 0.400. The summed E-state index contributed by atoms with van der Waals surface area (Å²) in [6.45, 7) is 0. The van der Waals surface area contributed by atoms with Crippen molar-refractivity contribution in [2.45, 2.75) is 0 Å². The summed E-state index contributed by atoms with van der Waals surface area (Å²) in [5.41, 5.74) is -1.09. The second-order valence-corrected chi connectivity index (χ2v) is 5.30. The molecule has 3 heteroatoms. The molecule has 98 valence electrons. The van der Waals surface area contributed by atoms with Gasteiger partial charge in [-0.2, -0.15) is 0 Å². The number of hydrogen-bond acceptors (Lipinski definition) is 3. The Bertz CT molecular complexity index is 1170. The highest BCUT2D eigenvalue weighted by Crippen LogP contribution is 2.38. The van der Waals surface area contributed by atoms with Gasteiger partial charge >= 0.3 is 11.3 Å². The molecule has 0 fully saturated rings. The standard InChI is InChI=1S/C18H8O3/c19-17-15-11-5-1-3-9-7-8-10-4-2-6-12(14(10)13(9)11)16(15)18(20)21-17/h1-8H. The van der Waals surface area contributed by atoms with Crippen LogP contribution in [0, 0.1) is 0 Å². The molecule has 0 N–H and O–H groups in total. The fourth-order valence-electron chi connectivity index (χ4n) is 3.45. The first-order valence-electron chi connectivity index (χ1n) is 6.72. The lowest BCUT2D eigenvalue weighted by Gasteiger charge is -2.10. The van der Waals surface area contributed by atoms with Crippen LogP contribution in [0.4, 0.5) is 0 Å². The van der Waals surface area contributed by atoms with Crippen LogP contribution in [0.15, 0.2) is 62.5 Å². The Balaban J connectivity index is 2.41. The van der Waals surface area contributed by atoms with Crippen LogP contribution >= 0.6 is 0 Å². The summed E-state index contributed by atoms with van der Waals surface area (Å²) < 4.78 is 4.85. The van der Waals surface area contributed by atoms with E-state index < -0.39 is 11.3 Å². The first-order chi connectivity index (χ1) is 10.3. The third kappa shape index (κ3) is 1.15. The summed E-state index contributed by atoms with van der Waals surface area (Å²) in [4.78, 5) is 24.2. The predicted octanol–water partition coefficient (Wildman–Crippen LogP) is 3.49. The quantitative estimate of drug-likeness (QED) is 0.405. The van der Waals surface area contributed by atoms with Crippen molar-refractivity contribution in [1.29, 1.82) is 0 Å². The second kappa shape index (κ2) is 3.38. The SMILES string of the molecule is O=c1oc(=O)c2c3cccc4ccc5cccc(c12)c5c43. The Hall–Kier alpha value is -2.94. The van der Waals surface area contributed by atoms with Gasteiger partial charge in [0.15, 0.2) is 0 Å². The average molecular weight is 272 g/mol. The summed E-state index contributed by atoms with van der Waals surface area (Å²) in [6.07, 6.45) is 0. The van der Waals surface area contributed by atoms with Gasteiger partial charge in [0.1, 0.15) is 0 Å². The minimum Gasteiger partial charge on any atom is -0.386 e. The molecule has 0 saturated heterocycles. The Morgan fingerprint density at radius 1 is 0.571 bits per heavy atom. The van der Waals surface area contributed by atoms with E-state index in [2.05, 4.69) is 0 Å². The molecule has 0 atom stereocenters. The number of rotatable bonds is 0. The van der Waals surface area contributed by atoms with Crippen molar-refractivity contribution in [2.24, 2.45) is 0 Å². The van der Waals surface area contributed by atoms with Crippen LogP contribution in [0.3, 0.4) is 0 Å². The van der Waals surface area contributed by atoms with E-state index in [4.69, 9.17) is 4.42 Å². The van der Waals surface area contributed by atoms with Crippen molar-refractivity contribution in [1.82, 2.24) is 0 Å². The van der Waals surface area contributed by atoms with Crippen molar-refractivity contribution >= 4 is 43.1 Å². The molecular formula is C18H8O3. The molecule has 0 aliphatic rings. The zero-order valence-corrected chi connectivity index (χ0v) is 10.8. The van der Waals surface area contributed by atoms with Crippen LogP contribution in [-0.4, -0.2) is 0 Å². The van der Waals surface area contributed by atoms with Crippen molar-refractivity contribution in [3.8, 4) is 0 Å². The van der Waals surface area contributed by atoms with E-state index in [1.807, 2.05) is 48.5 Å². The first kappa shape index (κ1) is 10.8. The van der Waals surface area contributed by atoms with Crippen LogP contribution in [-0.2, 0) is 0 Å². The first-order valence-corrected chi connectivity index (χ1v) is 6.72. The van der Waals surface area contributed by atoms with Crippen LogP contribution in [0.25, 0.3) is 43.1 Å². The van der Waals surface area contributed by atoms with Crippen LogP contribution in [0.1, 0.15) is 0 Å². The highest BCUT2D eigenvalue weighted by Gasteiger charge is 2.19. The van der Waals surface area contributed by atoms with Crippen LogP contribution in [0.2, 0.25) is 0 Å². The van der Waals surface area contributed by atoms with Gasteiger partial charge in [0.25, 0.3) is 0 Å². The molecule has 21 heavy (non-hydrogen) atoms. The molecule has 1 aromatic heterocycles. The highest BCUT2D eigenvalue weighted by molar-refractivity contribution is 6.33. The van der Waals surface area contributed by atoms with E-state index >= 15 is 0 Å². The fraction of sp³-hybridized carbons (Fsp3) is 0. The lowest BCUT2D eigenvalue weighted by molar-refractivity contribution is 0.500. The summed E-state index contributed by atoms with van der Waals surface area (Å²) in [5, 5.41) is 6.56. The Labute approximate surface area is 117 Å². The third-order valence-corrected chi connectivity index (χ3v) is 4.27. The zero-order valence-electron chi connectivity index (χ0n) is 10.8. The van der Waals surface area contributed by atoms with Crippen molar-refractivity contribution in [3.05, 3.63) is 69.4 Å². The minimum atomic E-state index is -0.547. The predicted molar refractivity (Wildman–Crippen MR) is 83.6 cm³/mol. The second-order valence-electron chi connectivity index (χ2n) is 5.30. The maximum Gasteiger partial charge on any atom is 0.347 e. The van der Waals surface area contributed by atoms with Gasteiger partial charge in [-0.15, -0.1) is 0 Å². The molecule has 0 aliphatic heterocycles. The van der Waals surface area contributed by atoms with E-state index in [-0.39, 0.29) is 0 Å². The highest BCUT2D eigenvalue weighted by atomic mass is 16.4. The van der Waals surface area contributed by atoms with E-state index in [9.17, 15) is 9.59 Å². The number of furan rings is 1. The largest absolute Gasteiger partial charge is 0.386 e. The Morgan fingerprint density at radius 2 is 1.05 bits per heavy atom. The van der Waals surface area contributed by atoms with Gasteiger partial charge in [0.05, 0.1) is 10.8 Å². The topological polar surface area (TPSA) is 47.3 Å². The van der Waals surface area contributed by atoms with E-state index in [0.29, 0.717) is 10.8 Å². The van der Waals surface area contributed by atoms with Crippen LogP contribution in [0.5, 0.6) is 0 Å². The van der Waals surface area contributed by atoms with Gasteiger partial charge in [-0.05, 0) is 32.3 Å². The normalized spacial score (nSPS) is 12.2. The lowest BCUT2D eigenvalue weighted by atomic mass is 9.91. The van der Waals surface area contributed by atoms with Crippen LogP contribution < -0.4 is 11.3 Å². The van der Waals surface area contributed by atoms with Gasteiger partial charge in [-0.25, -0.2) is 9.59 Å².